The first-order valence-electron chi connectivity index (χ1n) is 9.00. The number of fused-ring (bicyclic) bond motifs is 1. The second kappa shape index (κ2) is 8.56. The summed E-state index contributed by atoms with van der Waals surface area (Å²) < 4.78 is 0. The van der Waals surface area contributed by atoms with Gasteiger partial charge in [0.1, 0.15) is 5.78 Å². The Labute approximate surface area is 158 Å². The van der Waals surface area contributed by atoms with Crippen molar-refractivity contribution in [3.8, 4) is 0 Å². The first-order chi connectivity index (χ1) is 13.1. The molecule has 138 valence electrons. The first kappa shape index (κ1) is 18.7. The Hall–Kier alpha value is -3.05. The third kappa shape index (κ3) is 4.77. The number of pyridine rings is 1. The molecule has 3 aromatic rings. The summed E-state index contributed by atoms with van der Waals surface area (Å²) in [7, 11) is 0. The van der Waals surface area contributed by atoms with Crippen LogP contribution in [0.1, 0.15) is 30.4 Å². The maximum atomic E-state index is 12.7. The number of benzene rings is 2. The van der Waals surface area contributed by atoms with Crippen LogP contribution in [0.2, 0.25) is 0 Å². The van der Waals surface area contributed by atoms with Crippen LogP contribution in [0.5, 0.6) is 0 Å². The molecule has 5 heteroatoms. The number of rotatable bonds is 7. The number of Topliss-reactive ketones (excluding diaryl/α,β-unsaturated/α-hetero) is 1. The SMILES string of the molecule is CC(=O)CCc1ccc([C@@H](CN)C(=O)Nc2ccc3cnccc3c2)cc1. The van der Waals surface area contributed by atoms with Gasteiger partial charge in [-0.25, -0.2) is 0 Å². The van der Waals surface area contributed by atoms with E-state index in [2.05, 4.69) is 10.3 Å². The summed E-state index contributed by atoms with van der Waals surface area (Å²) in [4.78, 5) is 27.9. The number of carbonyl (C=O) groups is 2. The number of aryl methyl sites for hydroxylation is 1. The highest BCUT2D eigenvalue weighted by Gasteiger charge is 2.19. The molecule has 0 spiro atoms. The molecule has 3 N–H and O–H groups in total. The normalized spacial score (nSPS) is 11.9. The van der Waals surface area contributed by atoms with Crippen LogP contribution in [0.4, 0.5) is 5.69 Å². The van der Waals surface area contributed by atoms with Crippen molar-refractivity contribution in [1.29, 1.82) is 0 Å². The predicted molar refractivity (Wildman–Crippen MR) is 108 cm³/mol. The molecule has 27 heavy (non-hydrogen) atoms. The highest BCUT2D eigenvalue weighted by Crippen LogP contribution is 2.22. The number of nitrogens with two attached hydrogens (primary N) is 1. The summed E-state index contributed by atoms with van der Waals surface area (Å²) in [6.07, 6.45) is 4.75. The molecule has 2 aromatic carbocycles. The van der Waals surface area contributed by atoms with Gasteiger partial charge in [-0.2, -0.15) is 0 Å². The zero-order valence-corrected chi connectivity index (χ0v) is 15.3. The van der Waals surface area contributed by atoms with Crippen molar-refractivity contribution in [1.82, 2.24) is 4.98 Å². The molecule has 0 radical (unpaired) electrons. The van der Waals surface area contributed by atoms with Gasteiger partial charge in [0.2, 0.25) is 5.91 Å². The van der Waals surface area contributed by atoms with Crippen molar-refractivity contribution in [2.45, 2.75) is 25.7 Å². The molecule has 1 aromatic heterocycles. The molecular weight excluding hydrogens is 338 g/mol. The largest absolute Gasteiger partial charge is 0.329 e. The number of nitrogens with one attached hydrogen (secondary N) is 1. The van der Waals surface area contributed by atoms with Crippen LogP contribution in [0, 0.1) is 0 Å². The lowest BCUT2D eigenvalue weighted by Crippen LogP contribution is -2.27. The molecule has 1 heterocycles. The molecule has 0 unspecified atom stereocenters. The fraction of sp³-hybridized carbons (Fsp3) is 0.227. The maximum absolute atomic E-state index is 12.7. The Morgan fingerprint density at radius 1 is 1.07 bits per heavy atom. The number of hydrogen-bond donors (Lipinski definition) is 2. The summed E-state index contributed by atoms with van der Waals surface area (Å²) in [5.41, 5.74) is 8.55. The third-order valence-corrected chi connectivity index (χ3v) is 4.61. The highest BCUT2D eigenvalue weighted by molar-refractivity contribution is 5.98. The molecule has 1 atom stereocenters. The molecule has 0 fully saturated rings. The smallest absolute Gasteiger partial charge is 0.233 e. The van der Waals surface area contributed by atoms with Crippen LogP contribution in [-0.2, 0) is 16.0 Å². The number of anilines is 1. The van der Waals surface area contributed by atoms with Gasteiger partial charge >= 0.3 is 0 Å². The van der Waals surface area contributed by atoms with Crippen molar-refractivity contribution < 1.29 is 9.59 Å². The molecule has 3 rings (SSSR count). The lowest BCUT2D eigenvalue weighted by atomic mass is 9.96. The Balaban J connectivity index is 1.72. The Bertz CT molecular complexity index is 951. The zero-order valence-electron chi connectivity index (χ0n) is 15.3. The number of amides is 1. The summed E-state index contributed by atoms with van der Waals surface area (Å²) in [6, 6.07) is 15.4. The lowest BCUT2D eigenvalue weighted by Gasteiger charge is -2.16. The molecule has 0 aliphatic rings. The fourth-order valence-corrected chi connectivity index (χ4v) is 3.02. The summed E-state index contributed by atoms with van der Waals surface area (Å²) >= 11 is 0. The maximum Gasteiger partial charge on any atom is 0.233 e. The molecule has 0 saturated heterocycles. The number of hydrogen-bond acceptors (Lipinski definition) is 4. The predicted octanol–water partition coefficient (Wildman–Crippen LogP) is 3.44. The molecule has 5 nitrogen and oxygen atoms in total. The van der Waals surface area contributed by atoms with Crippen LogP contribution in [-0.4, -0.2) is 23.2 Å². The Morgan fingerprint density at radius 2 is 1.85 bits per heavy atom. The van der Waals surface area contributed by atoms with E-state index < -0.39 is 5.92 Å². The summed E-state index contributed by atoms with van der Waals surface area (Å²) in [6.45, 7) is 1.81. The number of aromatic nitrogens is 1. The van der Waals surface area contributed by atoms with Gasteiger partial charge in [-0.15, -0.1) is 0 Å². The van der Waals surface area contributed by atoms with E-state index in [1.165, 1.54) is 0 Å². The van der Waals surface area contributed by atoms with Gasteiger partial charge in [-0.1, -0.05) is 30.3 Å². The van der Waals surface area contributed by atoms with Crippen LogP contribution >= 0.6 is 0 Å². The topological polar surface area (TPSA) is 85.1 Å². The van der Waals surface area contributed by atoms with E-state index in [-0.39, 0.29) is 18.2 Å². The van der Waals surface area contributed by atoms with Crippen molar-refractivity contribution in [2.24, 2.45) is 5.73 Å². The molecule has 1 amide bonds. The van der Waals surface area contributed by atoms with E-state index >= 15 is 0 Å². The molecule has 0 saturated carbocycles. The Morgan fingerprint density at radius 3 is 2.56 bits per heavy atom. The summed E-state index contributed by atoms with van der Waals surface area (Å²) in [5, 5.41) is 4.99. The fourth-order valence-electron chi connectivity index (χ4n) is 3.02. The number of nitrogens with zero attached hydrogens (tertiary/aromatic N) is 1. The van der Waals surface area contributed by atoms with E-state index in [4.69, 9.17) is 5.73 Å². The van der Waals surface area contributed by atoms with Gasteiger partial charge < -0.3 is 15.8 Å². The monoisotopic (exact) mass is 361 g/mol. The van der Waals surface area contributed by atoms with Crippen molar-refractivity contribution in [2.75, 3.05) is 11.9 Å². The second-order valence-electron chi connectivity index (χ2n) is 6.66. The molecule has 0 bridgehead atoms. The second-order valence-corrected chi connectivity index (χ2v) is 6.66. The number of carbonyl (C=O) groups excluding carboxylic acids is 2. The van der Waals surface area contributed by atoms with Crippen molar-refractivity contribution in [3.63, 3.8) is 0 Å². The standard InChI is InChI=1S/C22H23N3O2/c1-15(26)2-3-16-4-6-17(7-5-16)21(13-23)22(27)25-20-9-8-19-14-24-11-10-18(19)12-20/h4-12,14,21H,2-3,13,23H2,1H3,(H,25,27)/t21-/m1/s1. The van der Waals surface area contributed by atoms with Gasteiger partial charge in [0.15, 0.2) is 0 Å². The van der Waals surface area contributed by atoms with Gasteiger partial charge in [-0.05, 0) is 48.1 Å². The Kier molecular flexibility index (Phi) is 5.94. The van der Waals surface area contributed by atoms with Gasteiger partial charge in [-0.3, -0.25) is 9.78 Å². The van der Waals surface area contributed by atoms with Gasteiger partial charge in [0, 0.05) is 36.4 Å². The minimum absolute atomic E-state index is 0.137. The highest BCUT2D eigenvalue weighted by atomic mass is 16.2. The van der Waals surface area contributed by atoms with Crippen LogP contribution in [0.25, 0.3) is 10.8 Å². The molecule has 0 aliphatic heterocycles. The summed E-state index contributed by atoms with van der Waals surface area (Å²) in [5.74, 6) is -0.396. The first-order valence-corrected chi connectivity index (χ1v) is 9.00. The quantitative estimate of drug-likeness (QED) is 0.675. The molecular formula is C22H23N3O2. The van der Waals surface area contributed by atoms with Crippen molar-refractivity contribution >= 4 is 28.2 Å². The third-order valence-electron chi connectivity index (χ3n) is 4.61. The minimum atomic E-state index is -0.431. The zero-order chi connectivity index (χ0) is 19.2. The van der Waals surface area contributed by atoms with Crippen LogP contribution in [0.3, 0.4) is 0 Å². The van der Waals surface area contributed by atoms with E-state index in [1.54, 1.807) is 19.3 Å². The van der Waals surface area contributed by atoms with E-state index in [0.717, 1.165) is 27.6 Å². The average molecular weight is 361 g/mol. The van der Waals surface area contributed by atoms with Crippen LogP contribution in [0.15, 0.2) is 60.9 Å². The van der Waals surface area contributed by atoms with Gasteiger partial charge in [0.25, 0.3) is 0 Å². The lowest BCUT2D eigenvalue weighted by molar-refractivity contribution is -0.118. The number of ketones is 1. The van der Waals surface area contributed by atoms with E-state index in [1.807, 2.05) is 48.5 Å². The van der Waals surface area contributed by atoms with E-state index in [9.17, 15) is 9.59 Å². The van der Waals surface area contributed by atoms with Gasteiger partial charge in [0.05, 0.1) is 5.92 Å². The molecule has 0 aliphatic carbocycles. The van der Waals surface area contributed by atoms with Crippen LogP contribution < -0.4 is 11.1 Å². The minimum Gasteiger partial charge on any atom is -0.329 e. The van der Waals surface area contributed by atoms with E-state index in [0.29, 0.717) is 12.8 Å². The average Bonchev–Trinajstić information content (AvgIpc) is 2.68. The van der Waals surface area contributed by atoms with Crippen molar-refractivity contribution in [3.05, 3.63) is 72.1 Å².